The van der Waals surface area contributed by atoms with Crippen molar-refractivity contribution in [3.63, 3.8) is 0 Å². The van der Waals surface area contributed by atoms with E-state index in [1.165, 1.54) is 0 Å². The van der Waals surface area contributed by atoms with E-state index in [1.807, 2.05) is 65.4 Å². The Morgan fingerprint density at radius 3 is 2.20 bits per heavy atom. The lowest BCUT2D eigenvalue weighted by Crippen LogP contribution is -2.59. The molecule has 0 atom stereocenters. The Balaban J connectivity index is 0.000000898. The van der Waals surface area contributed by atoms with Crippen LogP contribution in [-0.2, 0) is 9.59 Å². The number of halogens is 6. The molecule has 3 aromatic carbocycles. The number of urea groups is 1. The molecule has 5 aromatic rings. The Labute approximate surface area is 420 Å². The van der Waals surface area contributed by atoms with Gasteiger partial charge in [-0.05, 0) is 99.5 Å². The van der Waals surface area contributed by atoms with Crippen LogP contribution in [0, 0.1) is 35.7 Å². The predicted octanol–water partition coefficient (Wildman–Crippen LogP) is 7.37. The van der Waals surface area contributed by atoms with Crippen molar-refractivity contribution in [3.8, 4) is 17.0 Å². The number of fused-ring (bicyclic) bond motifs is 1. The minimum atomic E-state index is -5.08. The van der Waals surface area contributed by atoms with Gasteiger partial charge in [0.25, 0.3) is 11.8 Å². The number of phenolic OH excluding ortho intramolecular Hbond substituents is 1. The maximum atomic E-state index is 14.2. The maximum Gasteiger partial charge on any atom is 0.490 e. The number of amides is 5. The van der Waals surface area contributed by atoms with E-state index < -0.39 is 52.8 Å². The molecule has 0 bridgehead atoms. The molecule has 2 saturated carbocycles. The molecule has 0 radical (unpaired) electrons. The van der Waals surface area contributed by atoms with Gasteiger partial charge in [-0.3, -0.25) is 39.2 Å². The van der Waals surface area contributed by atoms with E-state index in [9.17, 15) is 50.6 Å². The van der Waals surface area contributed by atoms with E-state index in [2.05, 4.69) is 20.4 Å². The molecule has 0 unspecified atom stereocenters. The molecule has 17 nitrogen and oxygen atoms in total. The highest BCUT2D eigenvalue weighted by Crippen LogP contribution is 2.51. The van der Waals surface area contributed by atoms with Gasteiger partial charge in [0, 0.05) is 93.2 Å². The van der Waals surface area contributed by atoms with E-state index in [-0.39, 0.29) is 42.2 Å². The number of anilines is 2. The fourth-order valence-corrected chi connectivity index (χ4v) is 10.8. The number of carbonyl (C=O) groups is 5. The first kappa shape index (κ1) is 51.6. The molecular weight excluding hydrogens is 979 g/mol. The van der Waals surface area contributed by atoms with Crippen molar-refractivity contribution in [3.05, 3.63) is 95.2 Å². The number of aryl methyl sites for hydroxylation is 1. The third kappa shape index (κ3) is 11.0. The summed E-state index contributed by atoms with van der Waals surface area (Å²) in [4.78, 5) is 77.2. The second kappa shape index (κ2) is 20.9. The molecule has 23 heteroatoms. The molecule has 3 saturated heterocycles. The summed E-state index contributed by atoms with van der Waals surface area (Å²) in [5.41, 5.74) is 4.13. The van der Waals surface area contributed by atoms with Crippen LogP contribution in [0.25, 0.3) is 22.2 Å². The van der Waals surface area contributed by atoms with Gasteiger partial charge < -0.3 is 25.3 Å². The second-order valence-electron chi connectivity index (χ2n) is 19.8. The van der Waals surface area contributed by atoms with Gasteiger partial charge in [0.05, 0.1) is 35.2 Å². The number of carboxylic acids is 1. The molecule has 5 heterocycles. The zero-order valence-electron chi connectivity index (χ0n) is 40.3. The van der Waals surface area contributed by atoms with Crippen molar-refractivity contribution < 1.29 is 60.5 Å². The molecule has 4 N–H and O–H groups in total. The van der Waals surface area contributed by atoms with E-state index in [0.717, 1.165) is 124 Å². The number of aromatic nitrogens is 4. The first-order chi connectivity index (χ1) is 35.3. The van der Waals surface area contributed by atoms with E-state index in [4.69, 9.17) is 25.0 Å². The quantitative estimate of drug-likeness (QED) is 0.0844. The topological polar surface area (TPSA) is 206 Å². The molecule has 5 amide bonds. The Bertz CT molecular complexity index is 2960. The summed E-state index contributed by atoms with van der Waals surface area (Å²) < 4.78 is 75.4. The van der Waals surface area contributed by atoms with Crippen LogP contribution in [0.1, 0.15) is 90.1 Å². The number of nitrogens with zero attached hydrogens (tertiary/aromatic N) is 8. The summed E-state index contributed by atoms with van der Waals surface area (Å²) in [5.74, 6) is -9.24. The summed E-state index contributed by atoms with van der Waals surface area (Å²) in [6, 6.07) is 12.3. The standard InChI is InChI=1S/C49H53F3N10O5.C2HF3O2/c1-29-2-5-32(21-40(29)61-13-10-42(63)56-48(61)67)47(66)60-14-11-49(12-15-60)23-35(24-49)58-16-18-59(19-17-58)41-27-53-39(26-54-41)31-6-7-33-28-62(57-38(33)20-31)34-8-3-30(4-9-34)25-55-46(65)36-22-37(50)45(64)44(52)43(36)51;3-2(4,5)1(6)7/h2,5-7,20-22,26-28,30,34-35,64H,3-4,8-19,23-25H2,1H3,(H,55,65)(H,56,63,67);(H,6,7). The highest BCUT2D eigenvalue weighted by Gasteiger charge is 2.48. The average Bonchev–Trinajstić information content (AvgIpc) is 3.82. The SMILES string of the molecule is Cc1ccc(C(=O)N2CCC3(CC2)CC(N2CCN(c4cnc(-c5ccc6cn(C7CCC(CNC(=O)c8cc(F)c(O)c(F)c8F)CC7)nc6c5)cn4)CC2)C3)cc1N1CCC(=O)NC1=O.O=C(O)C(F)(F)F. The van der Waals surface area contributed by atoms with E-state index in [1.54, 1.807) is 11.0 Å². The number of benzene rings is 3. The molecule has 1 spiro atoms. The minimum absolute atomic E-state index is 0.0181. The number of rotatable bonds is 9. The Morgan fingerprint density at radius 2 is 1.55 bits per heavy atom. The van der Waals surface area contributed by atoms with Crippen LogP contribution in [0.3, 0.4) is 0 Å². The zero-order chi connectivity index (χ0) is 52.6. The van der Waals surface area contributed by atoms with Gasteiger partial charge in [0.15, 0.2) is 17.4 Å². The number of carboxylic acid groups (broad SMARTS) is 1. The van der Waals surface area contributed by atoms with Gasteiger partial charge in [-0.1, -0.05) is 18.2 Å². The summed E-state index contributed by atoms with van der Waals surface area (Å²) in [5, 5.41) is 27.3. The number of aliphatic carboxylic acids is 1. The number of alkyl halides is 3. The Hall–Kier alpha value is -7.30. The van der Waals surface area contributed by atoms with Crippen LogP contribution in [0.15, 0.2) is 61.1 Å². The predicted molar refractivity (Wildman–Crippen MR) is 257 cm³/mol. The highest BCUT2D eigenvalue weighted by molar-refractivity contribution is 6.06. The van der Waals surface area contributed by atoms with Crippen LogP contribution in [-0.4, -0.2) is 134 Å². The van der Waals surface area contributed by atoms with Gasteiger partial charge in [0.2, 0.25) is 11.7 Å². The third-order valence-corrected chi connectivity index (χ3v) is 15.2. The average molecular weight is 1030 g/mol. The summed E-state index contributed by atoms with van der Waals surface area (Å²) in [6.45, 7) is 7.52. The van der Waals surface area contributed by atoms with Crippen molar-refractivity contribution in [1.29, 1.82) is 0 Å². The largest absolute Gasteiger partial charge is 0.503 e. The van der Waals surface area contributed by atoms with Crippen molar-refractivity contribution in [2.75, 3.05) is 62.2 Å². The van der Waals surface area contributed by atoms with E-state index >= 15 is 0 Å². The lowest BCUT2D eigenvalue weighted by Gasteiger charge is -2.56. The van der Waals surface area contributed by atoms with Crippen molar-refractivity contribution in [2.24, 2.45) is 11.3 Å². The van der Waals surface area contributed by atoms with Gasteiger partial charge in [-0.15, -0.1) is 0 Å². The number of carbonyl (C=O) groups excluding carboxylic acids is 4. The molecule has 2 aliphatic carbocycles. The number of nitrogens with one attached hydrogen (secondary N) is 2. The molecule has 10 rings (SSSR count). The molecule has 74 heavy (non-hydrogen) atoms. The lowest BCUT2D eigenvalue weighted by molar-refractivity contribution is -0.192. The number of likely N-dealkylation sites (tertiary alicyclic amines) is 1. The first-order valence-electron chi connectivity index (χ1n) is 24.5. The second-order valence-corrected chi connectivity index (χ2v) is 19.8. The molecule has 392 valence electrons. The van der Waals surface area contributed by atoms with E-state index in [0.29, 0.717) is 29.9 Å². The number of aromatic hydroxyl groups is 1. The molecular formula is C51H54F6N10O7. The van der Waals surface area contributed by atoms with Gasteiger partial charge in [0.1, 0.15) is 5.82 Å². The van der Waals surface area contributed by atoms with Crippen molar-refractivity contribution in [2.45, 2.75) is 83.0 Å². The Morgan fingerprint density at radius 1 is 0.851 bits per heavy atom. The van der Waals surface area contributed by atoms with Crippen LogP contribution in [0.4, 0.5) is 42.6 Å². The Kier molecular flexibility index (Phi) is 14.6. The fourth-order valence-electron chi connectivity index (χ4n) is 10.8. The van der Waals surface area contributed by atoms with Crippen molar-refractivity contribution >= 4 is 52.1 Å². The van der Waals surface area contributed by atoms with Crippen LogP contribution >= 0.6 is 0 Å². The summed E-state index contributed by atoms with van der Waals surface area (Å²) >= 11 is 0. The molecule has 3 aliphatic heterocycles. The molecule has 5 fully saturated rings. The number of imide groups is 1. The van der Waals surface area contributed by atoms with Crippen LogP contribution in [0.2, 0.25) is 0 Å². The van der Waals surface area contributed by atoms with Crippen LogP contribution in [0.5, 0.6) is 5.75 Å². The number of phenols is 1. The van der Waals surface area contributed by atoms with Crippen molar-refractivity contribution in [1.82, 2.24) is 40.2 Å². The van der Waals surface area contributed by atoms with Gasteiger partial charge in [-0.2, -0.15) is 22.7 Å². The normalized spacial score (nSPS) is 20.4. The fraction of sp³-hybridized carbons (Fsp3) is 0.451. The minimum Gasteiger partial charge on any atom is -0.503 e. The number of piperidine rings is 1. The molecule has 2 aromatic heterocycles. The monoisotopic (exact) mass is 1030 g/mol. The maximum absolute atomic E-state index is 14.2. The molecule has 5 aliphatic rings. The first-order valence-corrected chi connectivity index (χ1v) is 24.5. The number of hydrogen-bond acceptors (Lipinski definition) is 11. The smallest absolute Gasteiger partial charge is 0.490 e. The van der Waals surface area contributed by atoms with Gasteiger partial charge >= 0.3 is 18.2 Å². The third-order valence-electron chi connectivity index (χ3n) is 15.2. The number of hydrogen-bond donors (Lipinski definition) is 4. The lowest BCUT2D eigenvalue weighted by atomic mass is 9.60. The van der Waals surface area contributed by atoms with Gasteiger partial charge in [-0.25, -0.2) is 23.4 Å². The summed E-state index contributed by atoms with van der Waals surface area (Å²) in [7, 11) is 0. The highest BCUT2D eigenvalue weighted by atomic mass is 19.4. The summed E-state index contributed by atoms with van der Waals surface area (Å²) in [6.07, 6.45) is 8.33. The van der Waals surface area contributed by atoms with Crippen LogP contribution < -0.4 is 20.4 Å². The number of piperazine rings is 1. The zero-order valence-corrected chi connectivity index (χ0v) is 40.3.